The number of allylic oxidation sites excluding steroid dienone is 3. The number of hydroxylamine groups is 1. The van der Waals surface area contributed by atoms with Crippen molar-refractivity contribution in [2.24, 2.45) is 10.9 Å². The number of carbonyl (C=O) groups excluding carboxylic acids is 1. The van der Waals surface area contributed by atoms with Gasteiger partial charge in [0.25, 0.3) is 5.69 Å². The molecule has 0 aromatic heterocycles. The summed E-state index contributed by atoms with van der Waals surface area (Å²) < 4.78 is 4.98. The van der Waals surface area contributed by atoms with Crippen molar-refractivity contribution >= 4 is 17.4 Å². The largest absolute Gasteiger partial charge is 0.468 e. The third-order valence-electron chi connectivity index (χ3n) is 4.33. The summed E-state index contributed by atoms with van der Waals surface area (Å²) in [5, 5.41) is 11.2. The second kappa shape index (κ2) is 9.09. The number of hydrogen-bond donors (Lipinski definition) is 1. The molecule has 1 heterocycles. The molecule has 0 amide bonds. The first-order valence-corrected chi connectivity index (χ1v) is 8.52. The molecule has 0 spiro atoms. The zero-order valence-electron chi connectivity index (χ0n) is 15.8. The summed E-state index contributed by atoms with van der Waals surface area (Å²) in [6, 6.07) is 6.28. The van der Waals surface area contributed by atoms with Crippen LogP contribution in [0.15, 0.2) is 52.8 Å². The number of aliphatic imine (C=N–C) groups is 1. The maximum Gasteiger partial charge on any atom is 0.315 e. The van der Waals surface area contributed by atoms with Crippen molar-refractivity contribution in [1.29, 1.82) is 0 Å². The number of nitrogens with zero attached hydrogens (tertiary/aromatic N) is 2. The molecule has 1 N–H and O–H groups in total. The van der Waals surface area contributed by atoms with E-state index in [9.17, 15) is 14.9 Å². The van der Waals surface area contributed by atoms with Crippen molar-refractivity contribution in [1.82, 2.24) is 5.48 Å². The number of carbonyl (C=O) groups is 1. The van der Waals surface area contributed by atoms with Crippen LogP contribution in [0.5, 0.6) is 0 Å². The van der Waals surface area contributed by atoms with Crippen LogP contribution in [0.25, 0.3) is 0 Å². The van der Waals surface area contributed by atoms with Gasteiger partial charge in [0.2, 0.25) is 0 Å². The molecule has 2 atom stereocenters. The summed E-state index contributed by atoms with van der Waals surface area (Å²) >= 11 is 0. The van der Waals surface area contributed by atoms with Gasteiger partial charge in [0, 0.05) is 35.7 Å². The predicted octanol–water partition coefficient (Wildman–Crippen LogP) is 3.27. The number of nitrogens with one attached hydrogen (secondary N) is 1. The second-order valence-electron chi connectivity index (χ2n) is 6.01. The number of rotatable bonds is 7. The van der Waals surface area contributed by atoms with Crippen molar-refractivity contribution in [3.05, 3.63) is 63.5 Å². The van der Waals surface area contributed by atoms with Gasteiger partial charge in [-0.25, -0.2) is 0 Å². The van der Waals surface area contributed by atoms with E-state index in [-0.39, 0.29) is 5.69 Å². The molecule has 0 saturated heterocycles. The van der Waals surface area contributed by atoms with Gasteiger partial charge >= 0.3 is 5.97 Å². The highest BCUT2D eigenvalue weighted by Gasteiger charge is 2.38. The Morgan fingerprint density at radius 3 is 2.78 bits per heavy atom. The van der Waals surface area contributed by atoms with Crippen LogP contribution in [-0.2, 0) is 14.4 Å². The van der Waals surface area contributed by atoms with E-state index >= 15 is 0 Å². The Hall–Kier alpha value is -3.00. The van der Waals surface area contributed by atoms with E-state index in [0.717, 1.165) is 11.3 Å². The topological polar surface area (TPSA) is 103 Å². The van der Waals surface area contributed by atoms with Crippen LogP contribution in [0, 0.1) is 16.0 Å². The standard InChI is InChI=1S/C19H23N3O5/c1-5-27-20-10-9-16-12(2)21-13(3)17(19(23)26-4)18(16)14-7-6-8-15(11-14)22(24)25/h6-11,17-18,20H,5H2,1-4H3. The Balaban J connectivity index is 2.57. The van der Waals surface area contributed by atoms with Crippen molar-refractivity contribution in [2.45, 2.75) is 26.7 Å². The summed E-state index contributed by atoms with van der Waals surface area (Å²) in [5.41, 5.74) is 5.37. The molecule has 27 heavy (non-hydrogen) atoms. The van der Waals surface area contributed by atoms with Gasteiger partial charge in [-0.2, -0.15) is 0 Å². The van der Waals surface area contributed by atoms with Gasteiger partial charge in [-0.1, -0.05) is 12.1 Å². The van der Waals surface area contributed by atoms with Gasteiger partial charge < -0.3 is 4.74 Å². The summed E-state index contributed by atoms with van der Waals surface area (Å²) in [4.78, 5) is 32.8. The maximum atomic E-state index is 12.5. The Labute approximate surface area is 157 Å². The molecule has 0 fully saturated rings. The second-order valence-corrected chi connectivity index (χ2v) is 6.01. The smallest absolute Gasteiger partial charge is 0.315 e. The highest BCUT2D eigenvalue weighted by atomic mass is 16.6. The van der Waals surface area contributed by atoms with Crippen molar-refractivity contribution in [2.75, 3.05) is 13.7 Å². The average molecular weight is 373 g/mol. The third kappa shape index (κ3) is 4.59. The highest BCUT2D eigenvalue weighted by Crippen LogP contribution is 2.40. The molecule has 0 saturated carbocycles. The van der Waals surface area contributed by atoms with E-state index in [2.05, 4.69) is 10.5 Å². The molecule has 8 nitrogen and oxygen atoms in total. The van der Waals surface area contributed by atoms with Crippen LogP contribution in [0.4, 0.5) is 5.69 Å². The zero-order chi connectivity index (χ0) is 20.0. The van der Waals surface area contributed by atoms with Crippen molar-refractivity contribution in [3.63, 3.8) is 0 Å². The minimum atomic E-state index is -0.674. The summed E-state index contributed by atoms with van der Waals surface area (Å²) in [5.74, 6) is -1.58. The van der Waals surface area contributed by atoms with Crippen LogP contribution in [-0.4, -0.2) is 30.3 Å². The Morgan fingerprint density at radius 1 is 1.41 bits per heavy atom. The summed E-state index contributed by atoms with van der Waals surface area (Å²) in [6.07, 6.45) is 3.37. The molecular formula is C19H23N3O5. The lowest BCUT2D eigenvalue weighted by Crippen LogP contribution is -2.33. The third-order valence-corrected chi connectivity index (χ3v) is 4.33. The number of benzene rings is 1. The van der Waals surface area contributed by atoms with E-state index in [1.807, 2.05) is 13.8 Å². The van der Waals surface area contributed by atoms with Crippen LogP contribution in [0.3, 0.4) is 0 Å². The molecule has 0 bridgehead atoms. The van der Waals surface area contributed by atoms with Gasteiger partial charge in [-0.3, -0.25) is 30.2 Å². The van der Waals surface area contributed by atoms with E-state index in [1.54, 1.807) is 31.3 Å². The quantitative estimate of drug-likeness (QED) is 0.340. The first kappa shape index (κ1) is 20.3. The first-order chi connectivity index (χ1) is 12.9. The molecule has 144 valence electrons. The number of nitro groups is 1. The van der Waals surface area contributed by atoms with Crippen molar-refractivity contribution in [3.8, 4) is 0 Å². The molecule has 1 aliphatic rings. The van der Waals surface area contributed by atoms with Gasteiger partial charge in [-0.05, 0) is 38.0 Å². The Bertz CT molecular complexity index is 813. The number of esters is 1. The molecule has 2 unspecified atom stereocenters. The van der Waals surface area contributed by atoms with Crippen LogP contribution < -0.4 is 5.48 Å². The van der Waals surface area contributed by atoms with Crippen LogP contribution in [0.2, 0.25) is 0 Å². The van der Waals surface area contributed by atoms with E-state index in [0.29, 0.717) is 17.9 Å². The summed E-state index contributed by atoms with van der Waals surface area (Å²) in [6.45, 7) is 5.92. The minimum Gasteiger partial charge on any atom is -0.468 e. The zero-order valence-corrected chi connectivity index (χ0v) is 15.8. The molecule has 8 heteroatoms. The lowest BCUT2D eigenvalue weighted by Gasteiger charge is -2.31. The molecule has 0 aliphatic carbocycles. The molecule has 1 aromatic rings. The highest BCUT2D eigenvalue weighted by molar-refractivity contribution is 6.03. The first-order valence-electron chi connectivity index (χ1n) is 8.52. The molecular weight excluding hydrogens is 350 g/mol. The van der Waals surface area contributed by atoms with Crippen LogP contribution >= 0.6 is 0 Å². The molecule has 1 aliphatic heterocycles. The van der Waals surface area contributed by atoms with Gasteiger partial charge in [0.05, 0.1) is 18.6 Å². The van der Waals surface area contributed by atoms with E-state index in [1.165, 1.54) is 19.2 Å². The fourth-order valence-electron chi connectivity index (χ4n) is 3.16. The SMILES string of the molecule is CCONC=CC1=C(C)N=C(C)C(C(=O)OC)C1c1cccc([N+](=O)[O-])c1. The predicted molar refractivity (Wildman–Crippen MR) is 101 cm³/mol. The van der Waals surface area contributed by atoms with Crippen LogP contribution in [0.1, 0.15) is 32.3 Å². The van der Waals surface area contributed by atoms with E-state index in [4.69, 9.17) is 9.57 Å². The Morgan fingerprint density at radius 2 is 2.15 bits per heavy atom. The maximum absolute atomic E-state index is 12.5. The molecule has 0 radical (unpaired) electrons. The summed E-state index contributed by atoms with van der Waals surface area (Å²) in [7, 11) is 1.32. The van der Waals surface area contributed by atoms with Crippen molar-refractivity contribution < 1.29 is 19.3 Å². The fourth-order valence-corrected chi connectivity index (χ4v) is 3.16. The molecule has 2 rings (SSSR count). The van der Waals surface area contributed by atoms with Gasteiger partial charge in [0.15, 0.2) is 0 Å². The van der Waals surface area contributed by atoms with Gasteiger partial charge in [0.1, 0.15) is 5.92 Å². The lowest BCUT2D eigenvalue weighted by atomic mass is 9.75. The minimum absolute atomic E-state index is 0.0373. The average Bonchev–Trinajstić information content (AvgIpc) is 2.65. The fraction of sp³-hybridized carbons (Fsp3) is 0.368. The van der Waals surface area contributed by atoms with Gasteiger partial charge in [-0.15, -0.1) is 0 Å². The number of nitro benzene ring substituents is 1. The normalized spacial score (nSPS) is 19.8. The number of hydrogen-bond acceptors (Lipinski definition) is 7. The molecule has 1 aromatic carbocycles. The number of non-ortho nitro benzene ring substituents is 1. The number of ether oxygens (including phenoxy) is 1. The lowest BCUT2D eigenvalue weighted by molar-refractivity contribution is -0.384. The van der Waals surface area contributed by atoms with E-state index < -0.39 is 22.7 Å². The monoisotopic (exact) mass is 373 g/mol. The number of methoxy groups -OCH3 is 1. The Kier molecular flexibility index (Phi) is 6.84.